The van der Waals surface area contributed by atoms with Crippen LogP contribution in [0.2, 0.25) is 0 Å². The van der Waals surface area contributed by atoms with Gasteiger partial charge in [0.2, 0.25) is 0 Å². The van der Waals surface area contributed by atoms with Crippen molar-refractivity contribution in [2.75, 3.05) is 0 Å². The molecule has 38 heavy (non-hydrogen) atoms. The normalized spacial score (nSPS) is 13.1. The molecule has 1 unspecified atom stereocenters. The molecule has 1 atom stereocenters. The topological polar surface area (TPSA) is 0 Å². The Hall–Kier alpha value is -1.66. The average molecular weight is 729 g/mol. The van der Waals surface area contributed by atoms with E-state index in [-0.39, 0.29) is 53.2 Å². The molecule has 0 spiro atoms. The second-order valence-electron chi connectivity index (χ2n) is 12.1. The van der Waals surface area contributed by atoms with Crippen molar-refractivity contribution in [2.45, 2.75) is 78.1 Å². The molecule has 0 aliphatic rings. The van der Waals surface area contributed by atoms with Crippen molar-refractivity contribution < 1.29 is 42.4 Å². The van der Waals surface area contributed by atoms with E-state index in [1.807, 2.05) is 0 Å². The van der Waals surface area contributed by atoms with Crippen molar-refractivity contribution in [3.05, 3.63) is 134 Å². The second kappa shape index (κ2) is 12.7. The summed E-state index contributed by atoms with van der Waals surface area (Å²) < 4.78 is 5.97. The van der Waals surface area contributed by atoms with Crippen LogP contribution < -0.4 is 42.4 Å². The maximum absolute atomic E-state index is 2.41. The Morgan fingerprint density at radius 3 is 1.39 bits per heavy atom. The van der Waals surface area contributed by atoms with Crippen LogP contribution in [0.3, 0.4) is 0 Å². The molecule has 4 aromatic carbocycles. The van der Waals surface area contributed by atoms with Crippen molar-refractivity contribution in [2.24, 2.45) is 0 Å². The summed E-state index contributed by atoms with van der Waals surface area (Å²) in [5, 5.41) is 0. The van der Waals surface area contributed by atoms with Gasteiger partial charge in [0, 0.05) is 0 Å². The first-order valence-electron chi connectivity index (χ1n) is 13.7. The number of halogens is 2. The molecule has 0 aliphatic carbocycles. The maximum atomic E-state index is 2.41. The number of hydrogen-bond donors (Lipinski definition) is 0. The molecule has 0 heterocycles. The van der Waals surface area contributed by atoms with Gasteiger partial charge >= 0.3 is 254 Å². The van der Waals surface area contributed by atoms with Crippen LogP contribution >= 0.6 is 0 Å². The van der Waals surface area contributed by atoms with E-state index in [1.54, 1.807) is 0 Å². The summed E-state index contributed by atoms with van der Waals surface area (Å²) in [5.41, 5.74) is 6.07. The van der Waals surface area contributed by atoms with Gasteiger partial charge in [0.15, 0.2) is 0 Å². The summed E-state index contributed by atoms with van der Waals surface area (Å²) in [6, 6.07) is 37.3. The molecule has 202 valence electrons. The molecular weight excluding hydrogens is 686 g/mol. The van der Waals surface area contributed by atoms with E-state index in [2.05, 4.69) is 146 Å². The predicted octanol–water partition coefficient (Wildman–Crippen LogP) is 3.41. The summed E-state index contributed by atoms with van der Waals surface area (Å²) >= 11 is -0.238. The molecule has 2 heteroatoms. The molecule has 0 saturated carbocycles. The summed E-state index contributed by atoms with van der Waals surface area (Å²) in [4.78, 5) is 0. The van der Waals surface area contributed by atoms with Gasteiger partial charge in [-0.3, -0.25) is 0 Å². The fourth-order valence-electron chi connectivity index (χ4n) is 4.57. The Balaban J connectivity index is 1.31. The van der Waals surface area contributed by atoms with Gasteiger partial charge in [-0.1, -0.05) is 0 Å². The molecular formula is C36H42I2-2. The standard InChI is InChI=1S/C36H42I2/c1-26-8-16-31(17-9-26)37-32-18-10-28(11-19-32)27(2)24-25-36(6,7)30-14-22-34(23-15-30)38-33-20-12-29(13-21-33)35(3,4)5/h8-23,27H,24-25H2,1-7H3/q-2. The fourth-order valence-corrected chi connectivity index (χ4v) is 8.88. The van der Waals surface area contributed by atoms with Gasteiger partial charge in [-0.05, 0) is 0 Å². The van der Waals surface area contributed by atoms with Gasteiger partial charge in [-0.25, -0.2) is 0 Å². The zero-order chi connectivity index (χ0) is 27.3. The third kappa shape index (κ3) is 8.17. The van der Waals surface area contributed by atoms with E-state index in [0.29, 0.717) is 5.92 Å². The van der Waals surface area contributed by atoms with Gasteiger partial charge in [-0.2, -0.15) is 0 Å². The van der Waals surface area contributed by atoms with E-state index < -0.39 is 0 Å². The fraction of sp³-hybridized carbons (Fsp3) is 0.333. The van der Waals surface area contributed by atoms with Crippen LogP contribution in [0.4, 0.5) is 0 Å². The molecule has 0 N–H and O–H groups in total. The molecule has 4 rings (SSSR count). The second-order valence-corrected chi connectivity index (χ2v) is 18.2. The van der Waals surface area contributed by atoms with E-state index in [9.17, 15) is 0 Å². The summed E-state index contributed by atoms with van der Waals surface area (Å²) in [5.74, 6) is 0.571. The Morgan fingerprint density at radius 2 is 0.947 bits per heavy atom. The molecule has 0 amide bonds. The van der Waals surface area contributed by atoms with E-state index in [1.165, 1.54) is 49.4 Å². The number of hydrogen-bond acceptors (Lipinski definition) is 0. The first kappa shape index (κ1) is 29.3. The van der Waals surface area contributed by atoms with Crippen LogP contribution in [0.5, 0.6) is 0 Å². The van der Waals surface area contributed by atoms with Crippen LogP contribution in [0, 0.1) is 21.2 Å². The van der Waals surface area contributed by atoms with Crippen molar-refractivity contribution in [1.29, 1.82) is 0 Å². The number of rotatable bonds is 9. The van der Waals surface area contributed by atoms with Crippen LogP contribution in [0.15, 0.2) is 97.1 Å². The van der Waals surface area contributed by atoms with E-state index >= 15 is 0 Å². The minimum absolute atomic E-state index is 0.0988. The molecule has 0 radical (unpaired) electrons. The molecule has 0 nitrogen and oxygen atoms in total. The third-order valence-electron chi connectivity index (χ3n) is 7.42. The van der Waals surface area contributed by atoms with E-state index in [0.717, 1.165) is 0 Å². The van der Waals surface area contributed by atoms with Crippen LogP contribution in [0.25, 0.3) is 0 Å². The molecule has 0 aliphatic heterocycles. The molecule has 0 fully saturated rings. The predicted molar refractivity (Wildman–Crippen MR) is 155 cm³/mol. The number of benzene rings is 4. The summed E-state index contributed by atoms with van der Waals surface area (Å²) in [6.07, 6.45) is 2.39. The van der Waals surface area contributed by atoms with Gasteiger partial charge in [0.25, 0.3) is 0 Å². The monoisotopic (exact) mass is 728 g/mol. The van der Waals surface area contributed by atoms with Crippen molar-refractivity contribution >= 4 is 0 Å². The van der Waals surface area contributed by atoms with Crippen molar-refractivity contribution in [3.8, 4) is 0 Å². The van der Waals surface area contributed by atoms with E-state index in [4.69, 9.17) is 0 Å². The van der Waals surface area contributed by atoms with Crippen LogP contribution in [-0.4, -0.2) is 0 Å². The zero-order valence-corrected chi connectivity index (χ0v) is 28.3. The summed E-state index contributed by atoms with van der Waals surface area (Å²) in [7, 11) is 0. The van der Waals surface area contributed by atoms with Crippen molar-refractivity contribution in [1.82, 2.24) is 0 Å². The number of aryl methyl sites for hydroxylation is 1. The van der Waals surface area contributed by atoms with Crippen LogP contribution in [0.1, 0.15) is 82.6 Å². The molecule has 0 bridgehead atoms. The quantitative estimate of drug-likeness (QED) is 0.232. The molecule has 0 aromatic heterocycles. The zero-order valence-electron chi connectivity index (χ0n) is 24.0. The molecule has 0 saturated heterocycles. The average Bonchev–Trinajstić information content (AvgIpc) is 2.89. The van der Waals surface area contributed by atoms with Gasteiger partial charge in [0.1, 0.15) is 0 Å². The third-order valence-corrected chi connectivity index (χ3v) is 12.8. The van der Waals surface area contributed by atoms with Crippen LogP contribution in [-0.2, 0) is 10.8 Å². The SMILES string of the molecule is Cc1ccc([I-]c2ccc(C(C)CCC(C)(C)c3ccc([I-]c4ccc(C(C)(C)C)cc4)cc3)cc2)cc1. The first-order valence-corrected chi connectivity index (χ1v) is 18.0. The Bertz CT molecular complexity index is 1290. The van der Waals surface area contributed by atoms with Crippen molar-refractivity contribution in [3.63, 3.8) is 0 Å². The first-order chi connectivity index (χ1) is 18.0. The molecule has 4 aromatic rings. The van der Waals surface area contributed by atoms with Gasteiger partial charge in [0.05, 0.1) is 0 Å². The Labute approximate surface area is 252 Å². The Kier molecular flexibility index (Phi) is 9.78. The summed E-state index contributed by atoms with van der Waals surface area (Å²) in [6.45, 7) is 16.2. The van der Waals surface area contributed by atoms with Gasteiger partial charge in [-0.15, -0.1) is 0 Å². The van der Waals surface area contributed by atoms with Gasteiger partial charge < -0.3 is 0 Å². The minimum atomic E-state index is -0.139. The Morgan fingerprint density at radius 1 is 0.553 bits per heavy atom.